The van der Waals surface area contributed by atoms with Crippen LogP contribution >= 0.6 is 11.8 Å². The second kappa shape index (κ2) is 9.23. The molecular formula is C24H29N3O2S. The molecule has 0 aromatic heterocycles. The zero-order valence-corrected chi connectivity index (χ0v) is 18.5. The molecular weight excluding hydrogens is 394 g/mol. The Bertz CT molecular complexity index is 924. The first-order chi connectivity index (χ1) is 14.5. The Morgan fingerprint density at radius 2 is 1.73 bits per heavy atom. The van der Waals surface area contributed by atoms with Gasteiger partial charge in [0.2, 0.25) is 5.91 Å². The van der Waals surface area contributed by atoms with E-state index in [0.717, 1.165) is 49.5 Å². The summed E-state index contributed by atoms with van der Waals surface area (Å²) < 4.78 is 0. The lowest BCUT2D eigenvalue weighted by Gasteiger charge is -2.35. The SMILES string of the molecule is CN1CCC(N(C)C(=O)c2ccccc2SCC(=O)N2CCc3ccccc32)CC1. The molecule has 30 heavy (non-hydrogen) atoms. The Kier molecular flexibility index (Phi) is 6.44. The van der Waals surface area contributed by atoms with E-state index in [1.165, 1.54) is 17.3 Å². The molecule has 0 unspecified atom stereocenters. The second-order valence-electron chi connectivity index (χ2n) is 8.16. The fraction of sp³-hybridized carbons (Fsp3) is 0.417. The summed E-state index contributed by atoms with van der Waals surface area (Å²) in [5.41, 5.74) is 2.94. The molecule has 4 rings (SSSR count). The van der Waals surface area contributed by atoms with E-state index in [-0.39, 0.29) is 17.9 Å². The maximum absolute atomic E-state index is 13.2. The monoisotopic (exact) mass is 423 g/mol. The number of carbonyl (C=O) groups excluding carboxylic acids is 2. The van der Waals surface area contributed by atoms with E-state index in [1.54, 1.807) is 0 Å². The molecule has 2 aliphatic rings. The Morgan fingerprint density at radius 3 is 2.53 bits per heavy atom. The third-order valence-corrected chi connectivity index (χ3v) is 7.27. The molecule has 0 aliphatic carbocycles. The topological polar surface area (TPSA) is 43.9 Å². The number of amides is 2. The molecule has 0 N–H and O–H groups in total. The fourth-order valence-corrected chi connectivity index (χ4v) is 5.24. The van der Waals surface area contributed by atoms with Crippen molar-refractivity contribution < 1.29 is 9.59 Å². The number of hydrogen-bond donors (Lipinski definition) is 0. The summed E-state index contributed by atoms with van der Waals surface area (Å²) in [6.07, 6.45) is 2.91. The van der Waals surface area contributed by atoms with E-state index in [1.807, 2.05) is 59.3 Å². The van der Waals surface area contributed by atoms with E-state index in [9.17, 15) is 9.59 Å². The summed E-state index contributed by atoms with van der Waals surface area (Å²) in [5.74, 6) is 0.471. The van der Waals surface area contributed by atoms with Gasteiger partial charge in [-0.05, 0) is 63.2 Å². The van der Waals surface area contributed by atoms with Gasteiger partial charge in [0, 0.05) is 30.2 Å². The van der Waals surface area contributed by atoms with Gasteiger partial charge in [-0.15, -0.1) is 11.8 Å². The van der Waals surface area contributed by atoms with Crippen LogP contribution in [0.15, 0.2) is 53.4 Å². The van der Waals surface area contributed by atoms with Crippen molar-refractivity contribution in [2.75, 3.05) is 44.4 Å². The van der Waals surface area contributed by atoms with Gasteiger partial charge in [0.25, 0.3) is 5.91 Å². The molecule has 0 bridgehead atoms. The van der Waals surface area contributed by atoms with Gasteiger partial charge < -0.3 is 14.7 Å². The standard InChI is InChI=1S/C24H29N3O2S/c1-25-14-12-19(13-15-25)26(2)24(29)20-8-4-6-10-22(20)30-17-23(28)27-16-11-18-7-3-5-9-21(18)27/h3-10,19H,11-17H2,1-2H3. The number of nitrogens with zero attached hydrogens (tertiary/aromatic N) is 3. The quantitative estimate of drug-likeness (QED) is 0.690. The normalized spacial score (nSPS) is 17.1. The highest BCUT2D eigenvalue weighted by atomic mass is 32.2. The highest BCUT2D eigenvalue weighted by Gasteiger charge is 2.27. The average molecular weight is 424 g/mol. The summed E-state index contributed by atoms with van der Waals surface area (Å²) in [6.45, 7) is 2.77. The van der Waals surface area contributed by atoms with Crippen LogP contribution in [0.1, 0.15) is 28.8 Å². The van der Waals surface area contributed by atoms with Crippen molar-refractivity contribution in [2.45, 2.75) is 30.2 Å². The van der Waals surface area contributed by atoms with Gasteiger partial charge in [-0.1, -0.05) is 30.3 Å². The van der Waals surface area contributed by atoms with E-state index in [2.05, 4.69) is 18.0 Å². The molecule has 0 radical (unpaired) electrons. The second-order valence-corrected chi connectivity index (χ2v) is 9.18. The minimum absolute atomic E-state index is 0.0478. The number of benzene rings is 2. The number of rotatable bonds is 5. The van der Waals surface area contributed by atoms with Gasteiger partial charge in [0.1, 0.15) is 0 Å². The van der Waals surface area contributed by atoms with Crippen molar-refractivity contribution in [3.8, 4) is 0 Å². The largest absolute Gasteiger partial charge is 0.339 e. The van der Waals surface area contributed by atoms with Gasteiger partial charge in [0.15, 0.2) is 0 Å². The molecule has 0 atom stereocenters. The Balaban J connectivity index is 1.42. The predicted octanol–water partition coefficient (Wildman–Crippen LogP) is 3.53. The average Bonchev–Trinajstić information content (AvgIpc) is 3.21. The fourth-order valence-electron chi connectivity index (χ4n) is 4.32. The summed E-state index contributed by atoms with van der Waals surface area (Å²) in [7, 11) is 4.03. The Labute approximate surface area is 183 Å². The predicted molar refractivity (Wildman–Crippen MR) is 122 cm³/mol. The molecule has 0 saturated carbocycles. The van der Waals surface area contributed by atoms with Crippen molar-refractivity contribution in [3.63, 3.8) is 0 Å². The molecule has 0 spiro atoms. The van der Waals surface area contributed by atoms with Crippen molar-refractivity contribution in [3.05, 3.63) is 59.7 Å². The first-order valence-electron chi connectivity index (χ1n) is 10.6. The molecule has 5 nitrogen and oxygen atoms in total. The lowest BCUT2D eigenvalue weighted by atomic mass is 10.0. The molecule has 1 saturated heterocycles. The molecule has 1 fully saturated rings. The van der Waals surface area contributed by atoms with Gasteiger partial charge in [-0.3, -0.25) is 9.59 Å². The van der Waals surface area contributed by atoms with Crippen LogP contribution in [0.2, 0.25) is 0 Å². The minimum Gasteiger partial charge on any atom is -0.339 e. The highest BCUT2D eigenvalue weighted by molar-refractivity contribution is 8.00. The van der Waals surface area contributed by atoms with E-state index < -0.39 is 0 Å². The van der Waals surface area contributed by atoms with Crippen LogP contribution < -0.4 is 4.90 Å². The molecule has 2 amide bonds. The van der Waals surface area contributed by atoms with Crippen LogP contribution in [0.3, 0.4) is 0 Å². The maximum atomic E-state index is 13.2. The first-order valence-corrected chi connectivity index (χ1v) is 11.6. The first kappa shape index (κ1) is 20.9. The van der Waals surface area contributed by atoms with Crippen LogP contribution in [0.5, 0.6) is 0 Å². The van der Waals surface area contributed by atoms with Crippen LogP contribution in [0.4, 0.5) is 5.69 Å². The number of hydrogen-bond acceptors (Lipinski definition) is 4. The summed E-state index contributed by atoms with van der Waals surface area (Å²) in [5, 5.41) is 0. The lowest BCUT2D eigenvalue weighted by molar-refractivity contribution is -0.116. The zero-order chi connectivity index (χ0) is 21.1. The van der Waals surface area contributed by atoms with Crippen LogP contribution in [0.25, 0.3) is 0 Å². The van der Waals surface area contributed by atoms with E-state index >= 15 is 0 Å². The van der Waals surface area contributed by atoms with Crippen LogP contribution in [0, 0.1) is 0 Å². The van der Waals surface area contributed by atoms with Gasteiger partial charge in [-0.2, -0.15) is 0 Å². The summed E-state index contributed by atoms with van der Waals surface area (Å²) >= 11 is 1.46. The van der Waals surface area contributed by atoms with Crippen molar-refractivity contribution in [1.82, 2.24) is 9.80 Å². The number of thioether (sulfide) groups is 1. The molecule has 158 valence electrons. The number of likely N-dealkylation sites (tertiary alicyclic amines) is 1. The molecule has 2 aliphatic heterocycles. The summed E-state index contributed by atoms with van der Waals surface area (Å²) in [6, 6.07) is 16.0. The smallest absolute Gasteiger partial charge is 0.254 e. The minimum atomic E-state index is 0.0478. The Morgan fingerprint density at radius 1 is 1.03 bits per heavy atom. The molecule has 2 aromatic rings. The van der Waals surface area contributed by atoms with Crippen molar-refractivity contribution >= 4 is 29.3 Å². The number of carbonyl (C=O) groups is 2. The number of anilines is 1. The van der Waals surface area contributed by atoms with Crippen molar-refractivity contribution in [1.29, 1.82) is 0 Å². The Hall–Kier alpha value is -2.31. The van der Waals surface area contributed by atoms with E-state index in [4.69, 9.17) is 0 Å². The third-order valence-electron chi connectivity index (χ3n) is 6.21. The van der Waals surface area contributed by atoms with Gasteiger partial charge in [-0.25, -0.2) is 0 Å². The highest BCUT2D eigenvalue weighted by Crippen LogP contribution is 2.30. The molecule has 2 aromatic carbocycles. The number of fused-ring (bicyclic) bond motifs is 1. The molecule has 6 heteroatoms. The number of piperidine rings is 1. The maximum Gasteiger partial charge on any atom is 0.254 e. The van der Waals surface area contributed by atoms with Crippen LogP contribution in [-0.2, 0) is 11.2 Å². The summed E-state index contributed by atoms with van der Waals surface area (Å²) in [4.78, 5) is 33.0. The van der Waals surface area contributed by atoms with E-state index in [0.29, 0.717) is 11.3 Å². The molecule has 2 heterocycles. The number of para-hydroxylation sites is 1. The van der Waals surface area contributed by atoms with Crippen molar-refractivity contribution in [2.24, 2.45) is 0 Å². The van der Waals surface area contributed by atoms with Gasteiger partial charge in [0.05, 0.1) is 11.3 Å². The lowest BCUT2D eigenvalue weighted by Crippen LogP contribution is -2.44. The zero-order valence-electron chi connectivity index (χ0n) is 17.7. The van der Waals surface area contributed by atoms with Crippen LogP contribution in [-0.4, -0.2) is 67.1 Å². The third kappa shape index (κ3) is 4.40. The van der Waals surface area contributed by atoms with Gasteiger partial charge >= 0.3 is 0 Å².